The van der Waals surface area contributed by atoms with E-state index in [4.69, 9.17) is 4.74 Å². The maximum atomic E-state index is 14.2. The standard InChI is InChI=1S/C26H24FN3O3/c1-17-8-7-10-18-14-20(25(31)29-24(17)18)16-30(15-19-9-3-6-13-23(19)33-2)26(32)28-22-12-5-4-11-21(22)27/h3-14H,15-16H2,1-2H3,(H,28,32)(H,29,31). The molecular weight excluding hydrogens is 421 g/mol. The highest BCUT2D eigenvalue weighted by Crippen LogP contribution is 2.22. The number of urea groups is 1. The molecule has 168 valence electrons. The zero-order valence-corrected chi connectivity index (χ0v) is 18.4. The van der Waals surface area contributed by atoms with E-state index < -0.39 is 11.8 Å². The SMILES string of the molecule is COc1ccccc1CN(Cc1cc2cccc(C)c2[nH]c1=O)C(=O)Nc1ccccc1F. The number of benzene rings is 3. The predicted molar refractivity (Wildman–Crippen MR) is 127 cm³/mol. The number of hydrogen-bond donors (Lipinski definition) is 2. The van der Waals surface area contributed by atoms with Gasteiger partial charge in [-0.3, -0.25) is 4.79 Å². The van der Waals surface area contributed by atoms with Crippen molar-refractivity contribution in [3.05, 3.63) is 106 Å². The van der Waals surface area contributed by atoms with E-state index in [0.717, 1.165) is 22.0 Å². The quantitative estimate of drug-likeness (QED) is 0.427. The average molecular weight is 445 g/mol. The predicted octanol–water partition coefficient (Wildman–Crippen LogP) is 5.22. The Bertz CT molecular complexity index is 1370. The van der Waals surface area contributed by atoms with E-state index in [1.54, 1.807) is 31.4 Å². The number of hydrogen-bond acceptors (Lipinski definition) is 3. The number of methoxy groups -OCH3 is 1. The highest BCUT2D eigenvalue weighted by atomic mass is 19.1. The minimum atomic E-state index is -0.540. The van der Waals surface area contributed by atoms with E-state index in [9.17, 15) is 14.0 Å². The normalized spacial score (nSPS) is 10.8. The molecule has 0 aliphatic carbocycles. The summed E-state index contributed by atoms with van der Waals surface area (Å²) in [5, 5.41) is 3.48. The molecule has 2 amide bonds. The molecule has 0 radical (unpaired) electrons. The Morgan fingerprint density at radius 3 is 2.52 bits per heavy atom. The largest absolute Gasteiger partial charge is 0.496 e. The Balaban J connectivity index is 1.70. The lowest BCUT2D eigenvalue weighted by atomic mass is 10.1. The summed E-state index contributed by atoms with van der Waals surface area (Å²) in [6.45, 7) is 2.11. The van der Waals surface area contributed by atoms with Gasteiger partial charge in [-0.15, -0.1) is 0 Å². The van der Waals surface area contributed by atoms with Crippen molar-refractivity contribution >= 4 is 22.6 Å². The van der Waals surface area contributed by atoms with Gasteiger partial charge in [-0.2, -0.15) is 0 Å². The number of carbonyl (C=O) groups excluding carboxylic acids is 1. The molecular formula is C26H24FN3O3. The first-order valence-electron chi connectivity index (χ1n) is 10.5. The molecule has 0 saturated carbocycles. The number of para-hydroxylation sites is 3. The summed E-state index contributed by atoms with van der Waals surface area (Å²) in [4.78, 5) is 30.4. The minimum absolute atomic E-state index is 0.0253. The Labute approximate surface area is 190 Å². The number of H-pyrrole nitrogens is 1. The highest BCUT2D eigenvalue weighted by molar-refractivity contribution is 5.89. The van der Waals surface area contributed by atoms with Crippen LogP contribution in [0.15, 0.2) is 77.6 Å². The molecule has 2 N–H and O–H groups in total. The van der Waals surface area contributed by atoms with Crippen LogP contribution in [0, 0.1) is 12.7 Å². The van der Waals surface area contributed by atoms with Crippen LogP contribution in [0.1, 0.15) is 16.7 Å². The lowest BCUT2D eigenvalue weighted by Crippen LogP contribution is -2.36. The van der Waals surface area contributed by atoms with Crippen LogP contribution in [0.5, 0.6) is 5.75 Å². The van der Waals surface area contributed by atoms with Crippen LogP contribution in [0.3, 0.4) is 0 Å². The van der Waals surface area contributed by atoms with Gasteiger partial charge in [0.1, 0.15) is 11.6 Å². The number of fused-ring (bicyclic) bond motifs is 1. The molecule has 7 heteroatoms. The van der Waals surface area contributed by atoms with Gasteiger partial charge in [-0.1, -0.05) is 48.5 Å². The second-order valence-electron chi connectivity index (χ2n) is 7.74. The number of aromatic nitrogens is 1. The summed E-state index contributed by atoms with van der Waals surface area (Å²) in [6, 6.07) is 20.3. The summed E-state index contributed by atoms with van der Waals surface area (Å²) >= 11 is 0. The van der Waals surface area contributed by atoms with Crippen molar-refractivity contribution in [1.82, 2.24) is 9.88 Å². The fraction of sp³-hybridized carbons (Fsp3) is 0.154. The number of amides is 2. The van der Waals surface area contributed by atoms with Gasteiger partial charge in [0.25, 0.3) is 5.56 Å². The van der Waals surface area contributed by atoms with Crippen molar-refractivity contribution in [2.75, 3.05) is 12.4 Å². The number of aryl methyl sites for hydroxylation is 1. The van der Waals surface area contributed by atoms with Crippen LogP contribution < -0.4 is 15.6 Å². The van der Waals surface area contributed by atoms with Crippen LogP contribution in [0.25, 0.3) is 10.9 Å². The molecule has 0 fully saturated rings. The molecule has 1 aromatic heterocycles. The molecule has 0 saturated heterocycles. The average Bonchev–Trinajstić information content (AvgIpc) is 2.81. The van der Waals surface area contributed by atoms with Gasteiger partial charge in [0.2, 0.25) is 0 Å². The smallest absolute Gasteiger partial charge is 0.322 e. The second-order valence-corrected chi connectivity index (χ2v) is 7.74. The molecule has 1 heterocycles. The Hall–Kier alpha value is -4.13. The summed E-state index contributed by atoms with van der Waals surface area (Å²) in [5.41, 5.74) is 2.69. The van der Waals surface area contributed by atoms with E-state index in [2.05, 4.69) is 10.3 Å². The van der Waals surface area contributed by atoms with Gasteiger partial charge < -0.3 is 19.9 Å². The fourth-order valence-corrected chi connectivity index (χ4v) is 3.75. The third kappa shape index (κ3) is 4.87. The Morgan fingerprint density at radius 1 is 1.00 bits per heavy atom. The molecule has 0 aliphatic rings. The third-order valence-corrected chi connectivity index (χ3v) is 5.48. The first-order chi connectivity index (χ1) is 16.0. The number of carbonyl (C=O) groups is 1. The van der Waals surface area contributed by atoms with Crippen molar-refractivity contribution < 1.29 is 13.9 Å². The molecule has 0 spiro atoms. The summed E-state index contributed by atoms with van der Waals surface area (Å²) in [5.74, 6) is 0.0753. The lowest BCUT2D eigenvalue weighted by molar-refractivity contribution is 0.205. The summed E-state index contributed by atoms with van der Waals surface area (Å²) in [7, 11) is 1.55. The van der Waals surface area contributed by atoms with Gasteiger partial charge in [-0.25, -0.2) is 9.18 Å². The number of pyridine rings is 1. The molecule has 0 atom stereocenters. The maximum Gasteiger partial charge on any atom is 0.322 e. The number of nitrogens with one attached hydrogen (secondary N) is 2. The molecule has 0 unspecified atom stereocenters. The van der Waals surface area contributed by atoms with Crippen molar-refractivity contribution in [2.24, 2.45) is 0 Å². The summed E-state index contributed by atoms with van der Waals surface area (Å²) < 4.78 is 19.6. The van der Waals surface area contributed by atoms with Gasteiger partial charge >= 0.3 is 6.03 Å². The van der Waals surface area contributed by atoms with E-state index >= 15 is 0 Å². The number of aromatic amines is 1. The van der Waals surface area contributed by atoms with Crippen molar-refractivity contribution in [3.63, 3.8) is 0 Å². The number of anilines is 1. The Kier molecular flexibility index (Phi) is 6.40. The second kappa shape index (κ2) is 9.56. The van der Waals surface area contributed by atoms with Crippen LogP contribution in [-0.2, 0) is 13.1 Å². The van der Waals surface area contributed by atoms with E-state index in [0.29, 0.717) is 11.3 Å². The molecule has 33 heavy (non-hydrogen) atoms. The number of rotatable bonds is 6. The topological polar surface area (TPSA) is 74.4 Å². The monoisotopic (exact) mass is 445 g/mol. The van der Waals surface area contributed by atoms with Crippen molar-refractivity contribution in [1.29, 1.82) is 0 Å². The minimum Gasteiger partial charge on any atom is -0.496 e. The number of ether oxygens (including phenoxy) is 1. The Morgan fingerprint density at radius 2 is 1.73 bits per heavy atom. The highest BCUT2D eigenvalue weighted by Gasteiger charge is 2.20. The molecule has 0 aliphatic heterocycles. The number of halogens is 1. The third-order valence-electron chi connectivity index (χ3n) is 5.48. The van der Waals surface area contributed by atoms with E-state index in [1.807, 2.05) is 43.3 Å². The van der Waals surface area contributed by atoms with Gasteiger partial charge in [0, 0.05) is 11.1 Å². The van der Waals surface area contributed by atoms with Crippen LogP contribution in [-0.4, -0.2) is 23.0 Å². The molecule has 3 aromatic carbocycles. The zero-order valence-electron chi connectivity index (χ0n) is 18.4. The molecule has 0 bridgehead atoms. The first kappa shape index (κ1) is 22.1. The van der Waals surface area contributed by atoms with Crippen LogP contribution in [0.4, 0.5) is 14.9 Å². The molecule has 4 aromatic rings. The lowest BCUT2D eigenvalue weighted by Gasteiger charge is -2.24. The van der Waals surface area contributed by atoms with E-state index in [-0.39, 0.29) is 24.3 Å². The molecule has 4 rings (SSSR count). The van der Waals surface area contributed by atoms with Crippen LogP contribution >= 0.6 is 0 Å². The van der Waals surface area contributed by atoms with Gasteiger partial charge in [0.05, 0.1) is 31.4 Å². The van der Waals surface area contributed by atoms with E-state index in [1.165, 1.54) is 17.0 Å². The van der Waals surface area contributed by atoms with Crippen molar-refractivity contribution in [3.8, 4) is 5.75 Å². The van der Waals surface area contributed by atoms with Gasteiger partial charge in [-0.05, 0) is 42.1 Å². The first-order valence-corrected chi connectivity index (χ1v) is 10.5. The van der Waals surface area contributed by atoms with Crippen molar-refractivity contribution in [2.45, 2.75) is 20.0 Å². The number of nitrogens with zero attached hydrogens (tertiary/aromatic N) is 1. The molecule has 6 nitrogen and oxygen atoms in total. The van der Waals surface area contributed by atoms with Gasteiger partial charge in [0.15, 0.2) is 0 Å². The fourth-order valence-electron chi connectivity index (χ4n) is 3.75. The maximum absolute atomic E-state index is 14.2. The summed E-state index contributed by atoms with van der Waals surface area (Å²) in [6.07, 6.45) is 0. The van der Waals surface area contributed by atoms with Crippen LogP contribution in [0.2, 0.25) is 0 Å². The zero-order chi connectivity index (χ0) is 23.4.